The summed E-state index contributed by atoms with van der Waals surface area (Å²) >= 11 is 0. The molecule has 0 fully saturated rings. The molecule has 44 valence electrons. The van der Waals surface area contributed by atoms with Crippen LogP contribution in [-0.2, 0) is 15.0 Å². The van der Waals surface area contributed by atoms with E-state index < -0.39 is 0 Å². The van der Waals surface area contributed by atoms with E-state index in [4.69, 9.17) is 5.26 Å². The molecule has 0 spiro atoms. The van der Waals surface area contributed by atoms with Crippen LogP contribution in [0, 0.1) is 0 Å². The third-order valence-electron chi connectivity index (χ3n) is 0.262. The van der Waals surface area contributed by atoms with Crippen LogP contribution < -0.4 is 0 Å². The summed E-state index contributed by atoms with van der Waals surface area (Å²) in [4.78, 5) is 4.22. The van der Waals surface area contributed by atoms with Gasteiger partial charge in [-0.05, 0) is 23.9 Å². The molecule has 4 heteroatoms. The highest BCUT2D eigenvalue weighted by Crippen LogP contribution is 1.86. The zero-order chi connectivity index (χ0) is 5.70. The standard InChI is InChI=1S/C3H8O4/c1-3(2)5-7-6-4/h3-4H,1-2H3. The minimum Gasteiger partial charge on any atom is -0.219 e. The Morgan fingerprint density at radius 3 is 2.14 bits per heavy atom. The van der Waals surface area contributed by atoms with Gasteiger partial charge < -0.3 is 0 Å². The van der Waals surface area contributed by atoms with Gasteiger partial charge in [0.2, 0.25) is 0 Å². The van der Waals surface area contributed by atoms with Crippen LogP contribution in [0.3, 0.4) is 0 Å². The first-order valence-electron chi connectivity index (χ1n) is 1.91. The molecule has 1 N–H and O–H groups in total. The summed E-state index contributed by atoms with van der Waals surface area (Å²) in [6, 6.07) is 0. The van der Waals surface area contributed by atoms with Crippen LogP contribution in [-0.4, -0.2) is 11.4 Å². The molecular formula is C3H8O4. The molecule has 0 rings (SSSR count). The van der Waals surface area contributed by atoms with Gasteiger partial charge >= 0.3 is 0 Å². The lowest BCUT2D eigenvalue weighted by molar-refractivity contribution is -0.629. The molecule has 4 nitrogen and oxygen atoms in total. The van der Waals surface area contributed by atoms with Gasteiger partial charge in [0.15, 0.2) is 0 Å². The van der Waals surface area contributed by atoms with Crippen molar-refractivity contribution in [2.24, 2.45) is 0 Å². The fraction of sp³-hybridized carbons (Fsp3) is 1.00. The highest BCUT2D eigenvalue weighted by molar-refractivity contribution is 4.24. The lowest BCUT2D eigenvalue weighted by atomic mass is 10.5. The Balaban J connectivity index is 2.68. The molecule has 0 aliphatic carbocycles. The normalized spacial score (nSPS) is 10.3. The predicted molar refractivity (Wildman–Crippen MR) is 21.0 cm³/mol. The van der Waals surface area contributed by atoms with E-state index in [0.717, 1.165) is 0 Å². The van der Waals surface area contributed by atoms with Crippen molar-refractivity contribution >= 4 is 0 Å². The fourth-order valence-corrected chi connectivity index (χ4v) is 0.0961. The van der Waals surface area contributed by atoms with E-state index in [9.17, 15) is 0 Å². The molecule has 0 radical (unpaired) electrons. The zero-order valence-electron chi connectivity index (χ0n) is 4.25. The first kappa shape index (κ1) is 6.84. The van der Waals surface area contributed by atoms with Crippen molar-refractivity contribution in [2.45, 2.75) is 20.0 Å². The Hall–Kier alpha value is -0.160. The maximum atomic E-state index is 7.47. The summed E-state index contributed by atoms with van der Waals surface area (Å²) in [7, 11) is 0. The van der Waals surface area contributed by atoms with Gasteiger partial charge in [0.1, 0.15) is 0 Å². The topological polar surface area (TPSA) is 47.9 Å². The molecule has 0 bridgehead atoms. The van der Waals surface area contributed by atoms with E-state index in [1.54, 1.807) is 13.8 Å². The quantitative estimate of drug-likeness (QED) is 0.428. The Morgan fingerprint density at radius 2 is 2.00 bits per heavy atom. The van der Waals surface area contributed by atoms with Gasteiger partial charge in [0.05, 0.1) is 6.10 Å². The Bertz CT molecular complexity index is 35.9. The van der Waals surface area contributed by atoms with E-state index in [1.807, 2.05) is 0 Å². The van der Waals surface area contributed by atoms with Gasteiger partial charge in [-0.1, -0.05) is 0 Å². The predicted octanol–water partition coefficient (Wildman–Crippen LogP) is 0.748. The van der Waals surface area contributed by atoms with E-state index in [-0.39, 0.29) is 6.10 Å². The Kier molecular flexibility index (Phi) is 3.92. The molecule has 0 aliphatic rings. The maximum absolute atomic E-state index is 7.47. The van der Waals surface area contributed by atoms with Gasteiger partial charge in [-0.15, -0.1) is 0 Å². The molecule has 0 saturated heterocycles. The molecule has 0 heterocycles. The summed E-state index contributed by atoms with van der Waals surface area (Å²) in [5.41, 5.74) is 0. The molecule has 0 aromatic rings. The SMILES string of the molecule is CC(C)OOOO. The largest absolute Gasteiger partial charge is 0.219 e. The van der Waals surface area contributed by atoms with Crippen molar-refractivity contribution in [1.29, 1.82) is 0 Å². The minimum absolute atomic E-state index is 0.104. The first-order valence-corrected chi connectivity index (χ1v) is 1.91. The van der Waals surface area contributed by atoms with Crippen LogP contribution in [0.5, 0.6) is 0 Å². The van der Waals surface area contributed by atoms with Gasteiger partial charge in [-0.3, -0.25) is 0 Å². The van der Waals surface area contributed by atoms with Crippen molar-refractivity contribution in [3.8, 4) is 0 Å². The highest BCUT2D eigenvalue weighted by Gasteiger charge is 1.90. The molecule has 7 heavy (non-hydrogen) atoms. The van der Waals surface area contributed by atoms with Crippen molar-refractivity contribution in [3.05, 3.63) is 0 Å². The van der Waals surface area contributed by atoms with Gasteiger partial charge in [0.25, 0.3) is 0 Å². The molecule has 0 aromatic carbocycles. The molecule has 0 aromatic heterocycles. The molecule has 0 atom stereocenters. The molecular weight excluding hydrogens is 100 g/mol. The number of rotatable bonds is 3. The van der Waals surface area contributed by atoms with Crippen LogP contribution >= 0.6 is 0 Å². The molecule has 0 saturated carbocycles. The molecule has 0 aliphatic heterocycles. The van der Waals surface area contributed by atoms with Gasteiger partial charge in [-0.2, -0.15) is 0 Å². The highest BCUT2D eigenvalue weighted by atomic mass is 17.6. The zero-order valence-corrected chi connectivity index (χ0v) is 4.25. The van der Waals surface area contributed by atoms with E-state index in [1.165, 1.54) is 0 Å². The molecule has 0 amide bonds. The van der Waals surface area contributed by atoms with Crippen molar-refractivity contribution < 1.29 is 20.2 Å². The summed E-state index contributed by atoms with van der Waals surface area (Å²) < 4.78 is 0. The lowest BCUT2D eigenvalue weighted by Crippen LogP contribution is -2.02. The Labute approximate surface area is 41.4 Å². The van der Waals surface area contributed by atoms with Crippen molar-refractivity contribution in [2.75, 3.05) is 0 Å². The Morgan fingerprint density at radius 1 is 1.43 bits per heavy atom. The summed E-state index contributed by atoms with van der Waals surface area (Å²) in [5, 5.41) is 14.2. The van der Waals surface area contributed by atoms with E-state index in [2.05, 4.69) is 15.0 Å². The van der Waals surface area contributed by atoms with Gasteiger partial charge in [-0.25, -0.2) is 10.1 Å². The third-order valence-corrected chi connectivity index (χ3v) is 0.262. The monoisotopic (exact) mass is 108 g/mol. The average Bonchev–Trinajstić information content (AvgIpc) is 1.61. The number of hydrogen-bond acceptors (Lipinski definition) is 4. The first-order chi connectivity index (χ1) is 3.27. The minimum atomic E-state index is -0.104. The fourth-order valence-electron chi connectivity index (χ4n) is 0.0961. The van der Waals surface area contributed by atoms with Crippen LogP contribution in [0.2, 0.25) is 0 Å². The summed E-state index contributed by atoms with van der Waals surface area (Å²) in [6.07, 6.45) is -0.104. The van der Waals surface area contributed by atoms with Crippen LogP contribution in [0.1, 0.15) is 13.8 Å². The van der Waals surface area contributed by atoms with Crippen LogP contribution in [0.15, 0.2) is 0 Å². The van der Waals surface area contributed by atoms with Crippen molar-refractivity contribution in [3.63, 3.8) is 0 Å². The summed E-state index contributed by atoms with van der Waals surface area (Å²) in [5.74, 6) is 0. The van der Waals surface area contributed by atoms with Crippen LogP contribution in [0.4, 0.5) is 0 Å². The van der Waals surface area contributed by atoms with Gasteiger partial charge in [0, 0.05) is 0 Å². The van der Waals surface area contributed by atoms with Crippen molar-refractivity contribution in [1.82, 2.24) is 0 Å². The van der Waals surface area contributed by atoms with E-state index >= 15 is 0 Å². The third kappa shape index (κ3) is 5.84. The second kappa shape index (κ2) is 4.01. The second-order valence-corrected chi connectivity index (χ2v) is 1.29. The van der Waals surface area contributed by atoms with Crippen LogP contribution in [0.25, 0.3) is 0 Å². The molecule has 0 unspecified atom stereocenters. The second-order valence-electron chi connectivity index (χ2n) is 1.29. The summed E-state index contributed by atoms with van der Waals surface area (Å²) in [6.45, 7) is 3.47. The van der Waals surface area contributed by atoms with E-state index in [0.29, 0.717) is 0 Å². The lowest BCUT2D eigenvalue weighted by Gasteiger charge is -1.98. The number of hydrogen-bond donors (Lipinski definition) is 1. The maximum Gasteiger partial charge on any atom is 0.0906 e. The average molecular weight is 108 g/mol. The smallest absolute Gasteiger partial charge is 0.0906 e.